The van der Waals surface area contributed by atoms with Gasteiger partial charge in [0.25, 0.3) is 0 Å². The summed E-state index contributed by atoms with van der Waals surface area (Å²) < 4.78 is 9.40. The van der Waals surface area contributed by atoms with Crippen LogP contribution in [-0.2, 0) is 18.8 Å². The molecule has 2 aliphatic rings. The Balaban J connectivity index is 2.25. The van der Waals surface area contributed by atoms with E-state index in [-0.39, 0.29) is 29.9 Å². The Hall–Kier alpha value is -0.710. The maximum absolute atomic E-state index is 11.7. The third-order valence-electron chi connectivity index (χ3n) is 4.15. The number of nitrogens with two attached hydrogens (primary N) is 2. The van der Waals surface area contributed by atoms with Gasteiger partial charge in [0.05, 0.1) is 28.4 Å². The van der Waals surface area contributed by atoms with Crippen molar-refractivity contribution in [1.29, 1.82) is 0 Å². The second kappa shape index (κ2) is 4.52. The number of carbonyl (C=O) groups excluding carboxylic acids is 2. The van der Waals surface area contributed by atoms with Crippen LogP contribution in [0.15, 0.2) is 0 Å². The molecule has 17 heavy (non-hydrogen) atoms. The lowest BCUT2D eigenvalue weighted by atomic mass is 9.75. The minimum Gasteiger partial charge on any atom is -0.469 e. The lowest BCUT2D eigenvalue weighted by molar-refractivity contribution is -0.151. The van der Waals surface area contributed by atoms with Crippen LogP contribution in [0.2, 0.25) is 0 Å². The molecule has 0 aromatic carbocycles. The number of methoxy groups -OCH3 is 1. The van der Waals surface area contributed by atoms with Gasteiger partial charge in [-0.25, -0.2) is 0 Å². The fraction of sp³-hybridized carbons (Fsp3) is 0.800. The summed E-state index contributed by atoms with van der Waals surface area (Å²) in [5.41, 5.74) is 12.0. The second-order valence-corrected chi connectivity index (χ2v) is 4.97. The zero-order valence-corrected chi connectivity index (χ0v) is 10.7. The minimum absolute atomic E-state index is 0.0156. The van der Waals surface area contributed by atoms with Gasteiger partial charge in [0.1, 0.15) is 0 Å². The van der Waals surface area contributed by atoms with Crippen molar-refractivity contribution in [3.63, 3.8) is 0 Å². The van der Waals surface area contributed by atoms with E-state index in [9.17, 15) is 9.59 Å². The molecule has 2 saturated carbocycles. The van der Waals surface area contributed by atoms with Gasteiger partial charge in [0.15, 0.2) is 0 Å². The van der Waals surface area contributed by atoms with E-state index in [4.69, 9.17) is 16.2 Å². The highest BCUT2D eigenvalue weighted by atomic mass is 31.0. The lowest BCUT2D eigenvalue weighted by Gasteiger charge is -2.34. The van der Waals surface area contributed by atoms with Crippen molar-refractivity contribution < 1.29 is 18.8 Å². The quantitative estimate of drug-likeness (QED) is 0.489. The Kier molecular flexibility index (Phi) is 3.39. The summed E-state index contributed by atoms with van der Waals surface area (Å²) in [5.74, 6) is -1.83. The molecule has 3 unspecified atom stereocenters. The van der Waals surface area contributed by atoms with Crippen LogP contribution >= 0.6 is 9.47 Å². The molecule has 0 radical (unpaired) electrons. The Bertz CT molecular complexity index is 321. The molecule has 0 aromatic rings. The van der Waals surface area contributed by atoms with Gasteiger partial charge >= 0.3 is 11.9 Å². The van der Waals surface area contributed by atoms with Gasteiger partial charge in [-0.2, -0.15) is 0 Å². The maximum Gasteiger partial charge on any atom is 0.312 e. The van der Waals surface area contributed by atoms with Crippen molar-refractivity contribution in [1.82, 2.24) is 0 Å². The van der Waals surface area contributed by atoms with E-state index in [0.29, 0.717) is 6.42 Å². The van der Waals surface area contributed by atoms with Crippen LogP contribution in [-0.4, -0.2) is 31.1 Å². The fourth-order valence-electron chi connectivity index (χ4n) is 3.38. The summed E-state index contributed by atoms with van der Waals surface area (Å²) in [5, 5.41) is 0. The second-order valence-electron chi connectivity index (χ2n) is 4.73. The molecule has 2 rings (SSSR count). The van der Waals surface area contributed by atoms with Crippen LogP contribution in [0.3, 0.4) is 0 Å². The minimum atomic E-state index is -0.457. The highest BCUT2D eigenvalue weighted by Crippen LogP contribution is 2.51. The molecule has 4 N–H and O–H groups in total. The highest BCUT2D eigenvalue weighted by molar-refractivity contribution is 7.10. The molecule has 6 nitrogen and oxygen atoms in total. The topological polar surface area (TPSA) is 105 Å². The molecule has 7 heteroatoms. The van der Waals surface area contributed by atoms with E-state index in [1.807, 2.05) is 9.47 Å². The highest BCUT2D eigenvalue weighted by Gasteiger charge is 2.61. The largest absolute Gasteiger partial charge is 0.469 e. The van der Waals surface area contributed by atoms with Crippen LogP contribution < -0.4 is 11.5 Å². The van der Waals surface area contributed by atoms with Gasteiger partial charge < -0.3 is 20.7 Å². The van der Waals surface area contributed by atoms with Gasteiger partial charge in [-0.1, -0.05) is 0 Å². The Morgan fingerprint density at radius 1 is 1.12 bits per heavy atom. The van der Waals surface area contributed by atoms with Crippen molar-refractivity contribution in [2.24, 2.45) is 35.1 Å². The van der Waals surface area contributed by atoms with Crippen LogP contribution in [0.5, 0.6) is 0 Å². The first-order valence-corrected chi connectivity index (χ1v) is 5.99. The molecule has 0 aliphatic heterocycles. The van der Waals surface area contributed by atoms with Crippen molar-refractivity contribution >= 4 is 21.4 Å². The average molecular weight is 260 g/mol. The van der Waals surface area contributed by atoms with E-state index in [1.54, 1.807) is 0 Å². The predicted octanol–water partition coefficient (Wildman–Crippen LogP) is -0.971. The summed E-state index contributed by atoms with van der Waals surface area (Å²) in [7, 11) is 3.24. The number of ether oxygens (including phenoxy) is 1. The zero-order valence-electron chi connectivity index (χ0n) is 9.54. The van der Waals surface area contributed by atoms with Gasteiger partial charge in [-0.05, 0) is 18.3 Å². The summed E-state index contributed by atoms with van der Waals surface area (Å²) in [6.07, 6.45) is 0.687. The van der Waals surface area contributed by atoms with Crippen molar-refractivity contribution in [2.75, 3.05) is 7.11 Å². The molecule has 0 spiro atoms. The maximum atomic E-state index is 11.7. The van der Waals surface area contributed by atoms with Gasteiger partial charge in [-0.15, -0.1) is 0 Å². The number of hydrogen-bond donors (Lipinski definition) is 2. The summed E-state index contributed by atoms with van der Waals surface area (Å²) in [6, 6.07) is -0.653. The molecular formula is C10H17N2O4P. The van der Waals surface area contributed by atoms with E-state index < -0.39 is 17.8 Å². The molecule has 0 heterocycles. The first-order valence-electron chi connectivity index (χ1n) is 5.52. The molecular weight excluding hydrogens is 243 g/mol. The molecule has 2 fully saturated rings. The zero-order chi connectivity index (χ0) is 12.7. The normalized spacial score (nSPS) is 43.5. The van der Waals surface area contributed by atoms with Crippen LogP contribution in [0, 0.1) is 23.7 Å². The van der Waals surface area contributed by atoms with E-state index >= 15 is 0 Å². The van der Waals surface area contributed by atoms with Crippen molar-refractivity contribution in [3.05, 3.63) is 0 Å². The van der Waals surface area contributed by atoms with Crippen LogP contribution in [0.25, 0.3) is 0 Å². The Morgan fingerprint density at radius 3 is 2.06 bits per heavy atom. The van der Waals surface area contributed by atoms with Crippen molar-refractivity contribution in [2.45, 2.75) is 18.5 Å². The van der Waals surface area contributed by atoms with Crippen LogP contribution in [0.1, 0.15) is 6.42 Å². The summed E-state index contributed by atoms with van der Waals surface area (Å²) in [4.78, 5) is 23.3. The molecule has 2 aliphatic carbocycles. The molecule has 2 bridgehead atoms. The number of hydrogen-bond acceptors (Lipinski definition) is 6. The first-order chi connectivity index (χ1) is 8.02. The first kappa shape index (κ1) is 12.7. The fourth-order valence-corrected chi connectivity index (χ4v) is 3.54. The van der Waals surface area contributed by atoms with Crippen molar-refractivity contribution in [3.8, 4) is 0 Å². The average Bonchev–Trinajstić information content (AvgIpc) is 2.81. The van der Waals surface area contributed by atoms with Gasteiger partial charge in [-0.3, -0.25) is 9.59 Å². The van der Waals surface area contributed by atoms with E-state index in [1.165, 1.54) is 7.11 Å². The summed E-state index contributed by atoms with van der Waals surface area (Å²) >= 11 is 0. The predicted molar refractivity (Wildman–Crippen MR) is 62.3 cm³/mol. The molecule has 0 amide bonds. The molecule has 0 aromatic heterocycles. The molecule has 7 atom stereocenters. The van der Waals surface area contributed by atoms with E-state index in [0.717, 1.165) is 0 Å². The van der Waals surface area contributed by atoms with Crippen LogP contribution in [0.4, 0.5) is 0 Å². The molecule has 0 saturated heterocycles. The van der Waals surface area contributed by atoms with Gasteiger partial charge in [0.2, 0.25) is 0 Å². The summed E-state index contributed by atoms with van der Waals surface area (Å²) in [6.45, 7) is 0. The molecule has 96 valence electrons. The van der Waals surface area contributed by atoms with E-state index in [2.05, 4.69) is 4.52 Å². The van der Waals surface area contributed by atoms with Gasteiger partial charge in [0, 0.05) is 12.1 Å². The monoisotopic (exact) mass is 260 g/mol. The number of esters is 1. The lowest BCUT2D eigenvalue weighted by Crippen LogP contribution is -2.54. The third-order valence-corrected chi connectivity index (χ3v) is 4.38. The number of carbonyl (C=O) groups is 2. The Morgan fingerprint density at radius 2 is 1.65 bits per heavy atom. The number of fused-ring (bicyclic) bond motifs is 2. The standard InChI is InChI=1S/C10H17N2O4P/c1-15-9(13)5-3-2-4(7(5)11)8(12)6(3)10(14)16-17/h3-8H,2,11-12,17H2,1H3/t3?,4?,5-,6-,7-,8-/m1/s1. The SMILES string of the molecule is COC(=O)[C@@H]1C2CC([C@H]1N)[C@@H](N)[C@@H]2C(=O)OP. The number of rotatable bonds is 2. The smallest absolute Gasteiger partial charge is 0.312 e. The Labute approximate surface area is 102 Å². The third kappa shape index (κ3) is 1.75.